The van der Waals surface area contributed by atoms with Crippen LogP contribution in [0.15, 0.2) is 47.1 Å². The van der Waals surface area contributed by atoms with Gasteiger partial charge in [-0.1, -0.05) is 34.1 Å². The third-order valence-electron chi connectivity index (χ3n) is 3.61. The monoisotopic (exact) mass is 315 g/mol. The summed E-state index contributed by atoms with van der Waals surface area (Å²) in [5.41, 5.74) is 3.28. The average molecular weight is 316 g/mol. The molecule has 1 aliphatic rings. The Bertz CT molecular complexity index is 624. The molecule has 2 nitrogen and oxygen atoms in total. The first kappa shape index (κ1) is 12.5. The maximum absolute atomic E-state index is 12.4. The maximum Gasteiger partial charge on any atom is 0.146 e. The lowest BCUT2D eigenvalue weighted by Gasteiger charge is -2.09. The lowest BCUT2D eigenvalue weighted by molar-refractivity contribution is -0.119. The second-order valence-electron chi connectivity index (χ2n) is 4.91. The summed E-state index contributed by atoms with van der Waals surface area (Å²) in [6, 6.07) is 12.0. The van der Waals surface area contributed by atoms with E-state index in [0.29, 0.717) is 6.42 Å². The summed E-state index contributed by atoms with van der Waals surface area (Å²) in [5.74, 6) is 0.255. The predicted molar refractivity (Wildman–Crippen MR) is 78.2 cm³/mol. The van der Waals surface area contributed by atoms with Gasteiger partial charge < -0.3 is 0 Å². The topological polar surface area (TPSA) is 30.0 Å². The summed E-state index contributed by atoms with van der Waals surface area (Å²) in [7, 11) is 0. The van der Waals surface area contributed by atoms with Gasteiger partial charge in [-0.15, -0.1) is 0 Å². The van der Waals surface area contributed by atoms with Crippen LogP contribution in [0, 0.1) is 0 Å². The molecule has 0 aliphatic heterocycles. The Hall–Kier alpha value is -1.48. The summed E-state index contributed by atoms with van der Waals surface area (Å²) in [5, 5.41) is 0. The largest absolute Gasteiger partial charge is 0.299 e. The van der Waals surface area contributed by atoms with Crippen LogP contribution in [0.5, 0.6) is 0 Å². The van der Waals surface area contributed by atoms with Gasteiger partial charge in [-0.25, -0.2) is 0 Å². The normalized spacial score (nSPS) is 17.2. The number of rotatable bonds is 3. The minimum Gasteiger partial charge on any atom is -0.299 e. The summed E-state index contributed by atoms with van der Waals surface area (Å²) in [6.45, 7) is 0. The molecule has 96 valence electrons. The predicted octanol–water partition coefficient (Wildman–Crippen LogP) is 3.69. The number of Topliss-reactive ketones (excluding diaryl/α,β-unsaturated/α-hetero) is 1. The van der Waals surface area contributed by atoms with Crippen molar-refractivity contribution in [1.82, 2.24) is 4.98 Å². The zero-order valence-electron chi connectivity index (χ0n) is 10.5. The van der Waals surface area contributed by atoms with Crippen LogP contribution in [-0.2, 0) is 17.6 Å². The van der Waals surface area contributed by atoms with Crippen molar-refractivity contribution in [1.29, 1.82) is 0 Å². The van der Waals surface area contributed by atoms with E-state index in [1.165, 1.54) is 5.56 Å². The van der Waals surface area contributed by atoms with Crippen LogP contribution >= 0.6 is 15.9 Å². The van der Waals surface area contributed by atoms with Crippen LogP contribution in [-0.4, -0.2) is 10.8 Å². The van der Waals surface area contributed by atoms with E-state index in [1.54, 1.807) is 6.20 Å². The number of hydrogen-bond donors (Lipinski definition) is 0. The van der Waals surface area contributed by atoms with E-state index in [0.717, 1.165) is 28.6 Å². The van der Waals surface area contributed by atoms with Gasteiger partial charge in [0.1, 0.15) is 5.78 Å². The zero-order chi connectivity index (χ0) is 13.2. The first-order chi connectivity index (χ1) is 9.24. The van der Waals surface area contributed by atoms with E-state index in [2.05, 4.69) is 27.0 Å². The van der Waals surface area contributed by atoms with Crippen molar-refractivity contribution in [3.63, 3.8) is 0 Å². The van der Waals surface area contributed by atoms with Gasteiger partial charge in [0.25, 0.3) is 0 Å². The van der Waals surface area contributed by atoms with Gasteiger partial charge in [0.05, 0.1) is 11.6 Å². The molecule has 19 heavy (non-hydrogen) atoms. The van der Waals surface area contributed by atoms with Gasteiger partial charge in [0.2, 0.25) is 0 Å². The minimum atomic E-state index is -0.0184. The number of aryl methyl sites for hydroxylation is 1. The fourth-order valence-electron chi connectivity index (χ4n) is 2.70. The summed E-state index contributed by atoms with van der Waals surface area (Å²) in [4.78, 5) is 16.8. The summed E-state index contributed by atoms with van der Waals surface area (Å²) >= 11 is 3.44. The number of ketones is 1. The van der Waals surface area contributed by atoms with E-state index in [4.69, 9.17) is 0 Å². The third-order valence-corrected chi connectivity index (χ3v) is 4.11. The standard InChI is InChI=1S/C16H14BrNO/c17-13-5-1-3-11(9-13)10-15(19)14-7-6-12-4-2-8-18-16(12)14/h1-5,8-9,14H,6-7,10H2. The molecule has 3 rings (SSSR count). The second kappa shape index (κ2) is 5.25. The molecule has 1 unspecified atom stereocenters. The van der Waals surface area contributed by atoms with Crippen LogP contribution < -0.4 is 0 Å². The molecule has 1 heterocycles. The Morgan fingerprint density at radius 2 is 2.21 bits per heavy atom. The minimum absolute atomic E-state index is 0.0184. The third kappa shape index (κ3) is 2.61. The highest BCUT2D eigenvalue weighted by atomic mass is 79.9. The molecule has 0 N–H and O–H groups in total. The Morgan fingerprint density at radius 3 is 3.05 bits per heavy atom. The smallest absolute Gasteiger partial charge is 0.146 e. The van der Waals surface area contributed by atoms with Gasteiger partial charge in [-0.2, -0.15) is 0 Å². The van der Waals surface area contributed by atoms with Gasteiger partial charge in [-0.05, 0) is 42.2 Å². The Kier molecular flexibility index (Phi) is 3.47. The Labute approximate surface area is 121 Å². The molecule has 1 aliphatic carbocycles. The lowest BCUT2D eigenvalue weighted by Crippen LogP contribution is -2.13. The highest BCUT2D eigenvalue weighted by Crippen LogP contribution is 2.32. The Balaban J connectivity index is 1.79. The second-order valence-corrected chi connectivity index (χ2v) is 5.83. The van der Waals surface area contributed by atoms with Crippen molar-refractivity contribution in [2.75, 3.05) is 0 Å². The van der Waals surface area contributed by atoms with Crippen LogP contribution in [0.2, 0.25) is 0 Å². The molecule has 1 aromatic heterocycles. The van der Waals surface area contributed by atoms with E-state index < -0.39 is 0 Å². The van der Waals surface area contributed by atoms with Crippen molar-refractivity contribution in [2.24, 2.45) is 0 Å². The number of halogens is 1. The molecule has 0 saturated heterocycles. The van der Waals surface area contributed by atoms with Crippen molar-refractivity contribution in [3.8, 4) is 0 Å². The molecule has 0 fully saturated rings. The fourth-order valence-corrected chi connectivity index (χ4v) is 3.14. The van der Waals surface area contributed by atoms with Crippen molar-refractivity contribution < 1.29 is 4.79 Å². The SMILES string of the molecule is O=C(Cc1cccc(Br)c1)C1CCc2cccnc21. The lowest BCUT2D eigenvalue weighted by atomic mass is 9.95. The molecule has 0 saturated carbocycles. The number of carbonyl (C=O) groups is 1. The molecule has 0 amide bonds. The quantitative estimate of drug-likeness (QED) is 0.864. The maximum atomic E-state index is 12.4. The van der Waals surface area contributed by atoms with Crippen LogP contribution in [0.1, 0.15) is 29.2 Å². The molecule has 0 radical (unpaired) electrons. The van der Waals surface area contributed by atoms with Crippen LogP contribution in [0.3, 0.4) is 0 Å². The van der Waals surface area contributed by atoms with E-state index in [-0.39, 0.29) is 11.7 Å². The molecule has 1 aromatic carbocycles. The number of pyridine rings is 1. The van der Waals surface area contributed by atoms with Crippen LogP contribution in [0.25, 0.3) is 0 Å². The Morgan fingerprint density at radius 1 is 1.32 bits per heavy atom. The fraction of sp³-hybridized carbons (Fsp3) is 0.250. The summed E-state index contributed by atoms with van der Waals surface area (Å²) < 4.78 is 1.02. The number of aromatic nitrogens is 1. The average Bonchev–Trinajstić information content (AvgIpc) is 2.82. The number of fused-ring (bicyclic) bond motifs is 1. The first-order valence-corrected chi connectivity index (χ1v) is 7.24. The van der Waals surface area contributed by atoms with Gasteiger partial charge in [0.15, 0.2) is 0 Å². The highest BCUT2D eigenvalue weighted by Gasteiger charge is 2.29. The number of hydrogen-bond acceptors (Lipinski definition) is 2. The summed E-state index contributed by atoms with van der Waals surface area (Å²) in [6.07, 6.45) is 4.14. The van der Waals surface area contributed by atoms with E-state index in [1.807, 2.05) is 30.3 Å². The molecular formula is C16H14BrNO. The van der Waals surface area contributed by atoms with Gasteiger partial charge in [0, 0.05) is 17.1 Å². The van der Waals surface area contributed by atoms with Gasteiger partial charge >= 0.3 is 0 Å². The molecular weight excluding hydrogens is 302 g/mol. The van der Waals surface area contributed by atoms with Gasteiger partial charge in [-0.3, -0.25) is 9.78 Å². The van der Waals surface area contributed by atoms with Crippen molar-refractivity contribution in [2.45, 2.75) is 25.2 Å². The molecule has 3 heteroatoms. The molecule has 0 bridgehead atoms. The molecule has 0 spiro atoms. The zero-order valence-corrected chi connectivity index (χ0v) is 12.1. The number of nitrogens with zero attached hydrogens (tertiary/aromatic N) is 1. The number of carbonyl (C=O) groups excluding carboxylic acids is 1. The van der Waals surface area contributed by atoms with E-state index >= 15 is 0 Å². The first-order valence-electron chi connectivity index (χ1n) is 6.45. The highest BCUT2D eigenvalue weighted by molar-refractivity contribution is 9.10. The van der Waals surface area contributed by atoms with Crippen LogP contribution in [0.4, 0.5) is 0 Å². The molecule has 1 atom stereocenters. The van der Waals surface area contributed by atoms with Crippen molar-refractivity contribution >= 4 is 21.7 Å². The number of benzene rings is 1. The van der Waals surface area contributed by atoms with Crippen molar-refractivity contribution in [3.05, 3.63) is 63.9 Å². The van der Waals surface area contributed by atoms with E-state index in [9.17, 15) is 4.79 Å². The molecule has 2 aromatic rings.